The van der Waals surface area contributed by atoms with E-state index in [2.05, 4.69) is 239 Å². The van der Waals surface area contributed by atoms with E-state index in [4.69, 9.17) is 41.4 Å². The van der Waals surface area contributed by atoms with Crippen molar-refractivity contribution in [3.8, 4) is 0 Å². The van der Waals surface area contributed by atoms with Crippen molar-refractivity contribution in [3.05, 3.63) is 140 Å². The molecule has 8 aliphatic rings. The predicted octanol–water partition coefficient (Wildman–Crippen LogP) is 17.7. The van der Waals surface area contributed by atoms with Crippen molar-refractivity contribution in [3.63, 3.8) is 0 Å². The van der Waals surface area contributed by atoms with E-state index in [9.17, 15) is 14.9 Å². The predicted molar refractivity (Wildman–Crippen MR) is 337 cm³/mol. The first kappa shape index (κ1) is 65.2. The van der Waals surface area contributed by atoms with Crippen LogP contribution in [0, 0.1) is 16.2 Å². The second-order valence-corrected chi connectivity index (χ2v) is 36.9. The monoisotopic (exact) mass is 1210 g/mol. The number of benzene rings is 4. The number of rotatable bonds is 8. The lowest BCUT2D eigenvalue weighted by Crippen LogP contribution is -2.95. The van der Waals surface area contributed by atoms with Gasteiger partial charge in [-0.15, -0.1) is 0 Å². The van der Waals surface area contributed by atoms with Gasteiger partial charge in [0.25, 0.3) is 0 Å². The van der Waals surface area contributed by atoms with E-state index in [0.29, 0.717) is 22.3 Å². The molecule has 5 bridgehead atoms. The van der Waals surface area contributed by atoms with Crippen LogP contribution in [-0.4, -0.2) is 41.3 Å². The lowest BCUT2D eigenvalue weighted by Gasteiger charge is -2.82. The minimum absolute atomic E-state index is 0.271. The maximum absolute atomic E-state index is 12.8. The molecule has 3 spiro atoms. The summed E-state index contributed by atoms with van der Waals surface area (Å²) in [5, 5.41) is 24.4. The van der Waals surface area contributed by atoms with Gasteiger partial charge in [-0.1, -0.05) is 253 Å². The summed E-state index contributed by atoms with van der Waals surface area (Å²) in [6, 6.07) is 26.6. The molecule has 468 valence electrons. The van der Waals surface area contributed by atoms with E-state index in [0.717, 1.165) is 44.5 Å². The number of ether oxygens (including phenoxy) is 4. The van der Waals surface area contributed by atoms with Crippen LogP contribution in [0.5, 0.6) is 0 Å². The number of aliphatic hydroxyl groups excluding tert-OH is 2. The summed E-state index contributed by atoms with van der Waals surface area (Å²) in [6.07, 6.45) is 0. The van der Waals surface area contributed by atoms with Crippen molar-refractivity contribution in [2.45, 2.75) is 272 Å². The molecule has 2 N–H and O–H groups in total. The average molecular weight is 1210 g/mol. The third-order valence-corrected chi connectivity index (χ3v) is 21.3. The molecule has 0 aromatic heterocycles. The molecule has 4 atom stereocenters. The van der Waals surface area contributed by atoms with Crippen molar-refractivity contribution >= 4 is 17.2 Å². The van der Waals surface area contributed by atoms with Gasteiger partial charge in [0, 0.05) is 16.5 Å². The van der Waals surface area contributed by atoms with Gasteiger partial charge in [-0.2, -0.15) is 0 Å². The fourth-order valence-corrected chi connectivity index (χ4v) is 16.2. The van der Waals surface area contributed by atoms with Crippen LogP contribution >= 0.6 is 17.2 Å². The van der Waals surface area contributed by atoms with Crippen LogP contribution in [0.3, 0.4) is 0 Å². The first-order valence-corrected chi connectivity index (χ1v) is 32.9. The summed E-state index contributed by atoms with van der Waals surface area (Å²) in [7, 11) is -4.73. The Kier molecular flexibility index (Phi) is 14.7. The van der Waals surface area contributed by atoms with Crippen LogP contribution in [0.15, 0.2) is 72.8 Å². The highest BCUT2D eigenvalue weighted by Crippen LogP contribution is 2.94. The summed E-state index contributed by atoms with van der Waals surface area (Å²) in [6.45, 7) is 60.1. The van der Waals surface area contributed by atoms with Gasteiger partial charge >= 0.3 is 35.1 Å². The lowest BCUT2D eigenvalue weighted by molar-refractivity contribution is -0.736. The van der Waals surface area contributed by atoms with Crippen LogP contribution in [0.2, 0.25) is 0 Å². The smallest absolute Gasteiger partial charge is 0.346 e. The molecule has 0 radical (unpaired) electrons. The Bertz CT molecular complexity index is 3210. The Balaban J connectivity index is 1.61. The normalized spacial score (nSPS) is 30.7. The van der Waals surface area contributed by atoms with Crippen LogP contribution in [-0.2, 0) is 107 Å². The van der Waals surface area contributed by atoms with Crippen molar-refractivity contribution in [2.75, 3.05) is 13.2 Å². The quantitative estimate of drug-likeness (QED) is 0.163. The van der Waals surface area contributed by atoms with Crippen LogP contribution in [0.25, 0.3) is 0 Å². The molecule has 0 saturated carbocycles. The maximum atomic E-state index is 12.8. The van der Waals surface area contributed by atoms with Gasteiger partial charge in [0.2, 0.25) is 17.0 Å². The second-order valence-electron chi connectivity index (χ2n) is 34.9. The highest BCUT2D eigenvalue weighted by Gasteiger charge is 3.05. The highest BCUT2D eigenvalue weighted by molar-refractivity contribution is 7.43. The zero-order chi connectivity index (χ0) is 63.6. The zero-order valence-corrected chi connectivity index (χ0v) is 58.5. The van der Waals surface area contributed by atoms with E-state index in [1.807, 2.05) is 27.7 Å². The number of hydrogen-bond donors (Lipinski definition) is 2. The minimum atomic E-state index is -2.42. The first-order valence-electron chi connectivity index (χ1n) is 30.7. The first-order chi connectivity index (χ1) is 38.3. The molecule has 8 heterocycles. The average Bonchev–Trinajstić information content (AvgIpc) is 0.603. The molecule has 4 aromatic rings. The van der Waals surface area contributed by atoms with E-state index in [1.54, 1.807) is 0 Å². The Morgan fingerprint density at radius 3 is 0.965 bits per heavy atom. The molecule has 0 aliphatic carbocycles. The molecule has 85 heavy (non-hydrogen) atoms. The van der Waals surface area contributed by atoms with Gasteiger partial charge in [0.1, 0.15) is 5.60 Å². The molecule has 8 saturated heterocycles. The molecule has 8 aliphatic heterocycles. The van der Waals surface area contributed by atoms with E-state index in [-0.39, 0.29) is 21.7 Å². The van der Waals surface area contributed by atoms with Crippen LogP contribution < -0.4 is 0 Å². The van der Waals surface area contributed by atoms with E-state index >= 15 is 0 Å². The third-order valence-electron chi connectivity index (χ3n) is 19.0. The minimum Gasteiger partial charge on any atom is -0.396 e. The van der Waals surface area contributed by atoms with Crippen molar-refractivity contribution in [1.29, 1.82) is 0 Å². The molecule has 4 unspecified atom stereocenters. The van der Waals surface area contributed by atoms with Crippen LogP contribution in [0.1, 0.15) is 261 Å². The molecule has 0 amide bonds. The Hall–Kier alpha value is -2.74. The Labute approximate surface area is 512 Å². The fourth-order valence-electron chi connectivity index (χ4n) is 13.6. The van der Waals surface area contributed by atoms with Crippen molar-refractivity contribution in [2.24, 2.45) is 16.2 Å². The molecule has 4 aromatic carbocycles. The standard InChI is InChI=1S/C71H102O12P2/c1-55(2,3)43-29-33-47(51(37-43)59(13,14)15)65(48-34-30-44(56(4,5)6)38-52(48)60(16,17)18)68-67(50-36-32-46(58(10,11)12)40-54(50)62(22,23)24,78-84-80-70(68,81-84)76-69(64(27,28)42-73)77-71(68)82-85(79-69)83-71)75-66(74-65,63(25,26)41-72)49-35-31-45(57(7,8)9)39-53(49)61(19,20)21/h29-40,72-73H,41-42H2,1-28H3. The summed E-state index contributed by atoms with van der Waals surface area (Å²) >= 11 is 0. The van der Waals surface area contributed by atoms with Gasteiger partial charge in [-0.3, -0.25) is 36.6 Å². The van der Waals surface area contributed by atoms with Crippen molar-refractivity contribution in [1.82, 2.24) is 0 Å². The molecule has 14 heteroatoms. The summed E-state index contributed by atoms with van der Waals surface area (Å²) < 4.78 is 78.5. The van der Waals surface area contributed by atoms with Gasteiger partial charge in [-0.05, 0) is 113 Å². The molecule has 12 nitrogen and oxygen atoms in total. The molecule has 8 fully saturated rings. The Morgan fingerprint density at radius 2 is 0.635 bits per heavy atom. The lowest BCUT2D eigenvalue weighted by atomic mass is 9.50. The summed E-state index contributed by atoms with van der Waals surface area (Å²) in [5.74, 6) is -11.3. The SMILES string of the molecule is CC(C)(C)c1ccc(C2(C(C)(C)CO)OC3(c4ccc(C(C)(C)C)cc4C(C)(C)C)OP4OC5(O4)OC4(C(C)(C)CO)OP6OC(O6)(O4)C53C(c3ccc(C(C)(C)C)cc3C(C)(C)C)(c3ccc(C(C)(C)C)cc3C(C)(C)C)O2)c(C(C)(C)C)c1. The fraction of sp³-hybridized carbons (Fsp3) is 0.662. The largest absolute Gasteiger partial charge is 0.396 e. The second kappa shape index (κ2) is 19.2. The summed E-state index contributed by atoms with van der Waals surface area (Å²) in [4.78, 5) is 0. The van der Waals surface area contributed by atoms with Crippen molar-refractivity contribution < 1.29 is 56.3 Å². The number of aliphatic hydroxyl groups is 2. The zero-order valence-electron chi connectivity index (χ0n) is 56.7. The maximum Gasteiger partial charge on any atom is 0.346 e. The van der Waals surface area contributed by atoms with Gasteiger partial charge in [-0.25, -0.2) is 0 Å². The molecule has 12 rings (SSSR count). The topological polar surface area (TPSA) is 133 Å². The molecular formula is C71H102O12P2. The Morgan fingerprint density at radius 1 is 0.329 bits per heavy atom. The van der Waals surface area contributed by atoms with E-state index in [1.165, 1.54) is 0 Å². The van der Waals surface area contributed by atoms with Gasteiger partial charge < -0.3 is 19.7 Å². The van der Waals surface area contributed by atoms with Crippen LogP contribution in [0.4, 0.5) is 0 Å². The third kappa shape index (κ3) is 9.22. The highest BCUT2D eigenvalue weighted by atomic mass is 31.2. The van der Waals surface area contributed by atoms with Gasteiger partial charge in [0.05, 0.1) is 18.6 Å². The van der Waals surface area contributed by atoms with E-state index < -0.39 is 103 Å². The number of hydrogen-bond acceptors (Lipinski definition) is 12. The molecular weight excluding hydrogens is 1110 g/mol. The summed E-state index contributed by atoms with van der Waals surface area (Å²) in [5.41, 5.74) is -0.287. The van der Waals surface area contributed by atoms with Gasteiger partial charge in [0.15, 0.2) is 0 Å².